The van der Waals surface area contributed by atoms with Gasteiger partial charge in [-0.1, -0.05) is 33.6 Å². The lowest BCUT2D eigenvalue weighted by atomic mass is 9.88. The van der Waals surface area contributed by atoms with Crippen molar-refractivity contribution in [3.05, 3.63) is 0 Å². The normalized spacial score (nSPS) is 17.1. The van der Waals surface area contributed by atoms with E-state index in [1.165, 1.54) is 0 Å². The van der Waals surface area contributed by atoms with E-state index in [-0.39, 0.29) is 6.04 Å². The lowest BCUT2D eigenvalue weighted by Gasteiger charge is -2.32. The fourth-order valence-corrected chi connectivity index (χ4v) is 1.72. The fourth-order valence-electron chi connectivity index (χ4n) is 1.72. The molecule has 2 atom stereocenters. The van der Waals surface area contributed by atoms with Crippen LogP contribution < -0.4 is 5.32 Å². The summed E-state index contributed by atoms with van der Waals surface area (Å²) in [4.78, 5) is 11.3. The molecule has 3 heteroatoms. The average Bonchev–Trinajstić information content (AvgIpc) is 2.23. The summed E-state index contributed by atoms with van der Waals surface area (Å²) in [5, 5.41) is 12.6. The van der Waals surface area contributed by atoms with Crippen molar-refractivity contribution in [2.45, 2.75) is 71.4 Å². The van der Waals surface area contributed by atoms with Gasteiger partial charge in [-0.25, -0.2) is 0 Å². The Balaban J connectivity index is 4.57. The molecule has 3 nitrogen and oxygen atoms in total. The van der Waals surface area contributed by atoms with Crippen molar-refractivity contribution in [3.63, 3.8) is 0 Å². The standard InChI is InChI=1S/C12H25NO2/c1-5-8-9-12(7-3,11(14)15)13-10(4)6-2/h10,13H,5-9H2,1-4H3,(H,14,15). The maximum atomic E-state index is 11.3. The van der Waals surface area contributed by atoms with Gasteiger partial charge < -0.3 is 5.11 Å². The summed E-state index contributed by atoms with van der Waals surface area (Å²) in [6, 6.07) is 0.262. The van der Waals surface area contributed by atoms with Crippen molar-refractivity contribution in [1.82, 2.24) is 5.32 Å². The molecule has 0 spiro atoms. The number of carboxylic acids is 1. The van der Waals surface area contributed by atoms with Crippen LogP contribution in [0.5, 0.6) is 0 Å². The van der Waals surface area contributed by atoms with Gasteiger partial charge in [-0.3, -0.25) is 10.1 Å². The molecule has 0 saturated heterocycles. The summed E-state index contributed by atoms with van der Waals surface area (Å²) in [6.45, 7) is 8.14. The van der Waals surface area contributed by atoms with Crippen LogP contribution in [-0.4, -0.2) is 22.7 Å². The minimum Gasteiger partial charge on any atom is -0.480 e. The van der Waals surface area contributed by atoms with Crippen LogP contribution in [0.4, 0.5) is 0 Å². The molecule has 0 heterocycles. The second-order valence-electron chi connectivity index (χ2n) is 4.30. The van der Waals surface area contributed by atoms with Crippen LogP contribution in [0.25, 0.3) is 0 Å². The monoisotopic (exact) mass is 215 g/mol. The molecule has 0 saturated carbocycles. The van der Waals surface area contributed by atoms with Crippen LogP contribution in [0.3, 0.4) is 0 Å². The third-order valence-electron chi connectivity index (χ3n) is 3.11. The molecule has 0 aromatic carbocycles. The van der Waals surface area contributed by atoms with Gasteiger partial charge in [0.2, 0.25) is 0 Å². The first-order valence-electron chi connectivity index (χ1n) is 6.03. The van der Waals surface area contributed by atoms with Crippen LogP contribution in [0, 0.1) is 0 Å². The highest BCUT2D eigenvalue weighted by Gasteiger charge is 2.36. The highest BCUT2D eigenvalue weighted by Crippen LogP contribution is 2.20. The van der Waals surface area contributed by atoms with Crippen molar-refractivity contribution in [3.8, 4) is 0 Å². The van der Waals surface area contributed by atoms with E-state index < -0.39 is 11.5 Å². The lowest BCUT2D eigenvalue weighted by molar-refractivity contribution is -0.146. The highest BCUT2D eigenvalue weighted by atomic mass is 16.4. The van der Waals surface area contributed by atoms with Gasteiger partial charge in [0.15, 0.2) is 0 Å². The molecule has 0 bridgehead atoms. The first-order valence-corrected chi connectivity index (χ1v) is 6.03. The second kappa shape index (κ2) is 6.83. The van der Waals surface area contributed by atoms with Gasteiger partial charge in [-0.15, -0.1) is 0 Å². The number of rotatable bonds is 8. The van der Waals surface area contributed by atoms with Gasteiger partial charge in [-0.05, 0) is 26.2 Å². The molecule has 2 N–H and O–H groups in total. The van der Waals surface area contributed by atoms with E-state index in [1.54, 1.807) is 0 Å². The van der Waals surface area contributed by atoms with Crippen LogP contribution in [0.15, 0.2) is 0 Å². The molecule has 0 fully saturated rings. The zero-order valence-corrected chi connectivity index (χ0v) is 10.5. The molecule has 0 rings (SSSR count). The van der Waals surface area contributed by atoms with E-state index in [2.05, 4.69) is 19.2 Å². The molecule has 0 radical (unpaired) electrons. The lowest BCUT2D eigenvalue weighted by Crippen LogP contribution is -2.54. The number of carbonyl (C=O) groups is 1. The molecule has 0 aliphatic rings. The van der Waals surface area contributed by atoms with E-state index in [0.29, 0.717) is 6.42 Å². The molecule has 15 heavy (non-hydrogen) atoms. The van der Waals surface area contributed by atoms with Gasteiger partial charge in [0, 0.05) is 6.04 Å². The first kappa shape index (κ1) is 14.4. The largest absolute Gasteiger partial charge is 0.480 e. The third-order valence-corrected chi connectivity index (χ3v) is 3.11. The molecule has 0 aromatic heterocycles. The second-order valence-corrected chi connectivity index (χ2v) is 4.30. The fraction of sp³-hybridized carbons (Fsp3) is 0.917. The quantitative estimate of drug-likeness (QED) is 0.654. The topological polar surface area (TPSA) is 49.3 Å². The van der Waals surface area contributed by atoms with Crippen LogP contribution in [-0.2, 0) is 4.79 Å². The molecule has 0 amide bonds. The van der Waals surface area contributed by atoms with Crippen molar-refractivity contribution in [2.24, 2.45) is 0 Å². The van der Waals surface area contributed by atoms with Gasteiger partial charge in [0.25, 0.3) is 0 Å². The van der Waals surface area contributed by atoms with Gasteiger partial charge in [0.1, 0.15) is 5.54 Å². The van der Waals surface area contributed by atoms with E-state index in [0.717, 1.165) is 25.7 Å². The Kier molecular flexibility index (Phi) is 6.57. The third kappa shape index (κ3) is 4.20. The van der Waals surface area contributed by atoms with E-state index >= 15 is 0 Å². The summed E-state index contributed by atoms with van der Waals surface area (Å²) >= 11 is 0. The Morgan fingerprint density at radius 3 is 2.33 bits per heavy atom. The zero-order chi connectivity index (χ0) is 11.9. The molecule has 90 valence electrons. The summed E-state index contributed by atoms with van der Waals surface area (Å²) in [6.07, 6.45) is 4.33. The minimum atomic E-state index is -0.717. The number of hydrogen-bond donors (Lipinski definition) is 2. The minimum absolute atomic E-state index is 0.262. The van der Waals surface area contributed by atoms with Crippen LogP contribution >= 0.6 is 0 Å². The molecule has 0 aliphatic heterocycles. The van der Waals surface area contributed by atoms with Crippen LogP contribution in [0.2, 0.25) is 0 Å². The number of unbranched alkanes of at least 4 members (excludes halogenated alkanes) is 1. The Morgan fingerprint density at radius 2 is 2.00 bits per heavy atom. The zero-order valence-electron chi connectivity index (χ0n) is 10.5. The average molecular weight is 215 g/mol. The summed E-state index contributed by atoms with van der Waals surface area (Å²) in [5.74, 6) is -0.709. The van der Waals surface area contributed by atoms with E-state index in [9.17, 15) is 9.90 Å². The summed E-state index contributed by atoms with van der Waals surface area (Å²) < 4.78 is 0. The van der Waals surface area contributed by atoms with Gasteiger partial charge in [-0.2, -0.15) is 0 Å². The highest BCUT2D eigenvalue weighted by molar-refractivity contribution is 5.78. The Hall–Kier alpha value is -0.570. The van der Waals surface area contributed by atoms with Crippen molar-refractivity contribution >= 4 is 5.97 Å². The maximum Gasteiger partial charge on any atom is 0.323 e. The van der Waals surface area contributed by atoms with E-state index in [4.69, 9.17) is 0 Å². The number of aliphatic carboxylic acids is 1. The predicted octanol–water partition coefficient (Wildman–Crippen LogP) is 2.80. The summed E-state index contributed by atoms with van der Waals surface area (Å²) in [7, 11) is 0. The molecule has 2 unspecified atom stereocenters. The maximum absolute atomic E-state index is 11.3. The molecular formula is C12H25NO2. The number of hydrogen-bond acceptors (Lipinski definition) is 2. The number of nitrogens with one attached hydrogen (secondary N) is 1. The molecule has 0 aromatic rings. The first-order chi connectivity index (χ1) is 7.02. The molecular weight excluding hydrogens is 190 g/mol. The van der Waals surface area contributed by atoms with Crippen LogP contribution in [0.1, 0.15) is 59.8 Å². The Labute approximate surface area is 93.3 Å². The van der Waals surface area contributed by atoms with Crippen molar-refractivity contribution in [1.29, 1.82) is 0 Å². The van der Waals surface area contributed by atoms with Crippen molar-refractivity contribution in [2.75, 3.05) is 0 Å². The van der Waals surface area contributed by atoms with Gasteiger partial charge >= 0.3 is 5.97 Å². The van der Waals surface area contributed by atoms with E-state index in [1.807, 2.05) is 13.8 Å². The Bertz CT molecular complexity index is 194. The SMILES string of the molecule is CCCCC(CC)(NC(C)CC)C(=O)O. The number of carboxylic acid groups (broad SMARTS) is 1. The smallest absolute Gasteiger partial charge is 0.323 e. The summed E-state index contributed by atoms with van der Waals surface area (Å²) in [5.41, 5.74) is -0.717. The van der Waals surface area contributed by atoms with Crippen molar-refractivity contribution < 1.29 is 9.90 Å². The molecule has 0 aliphatic carbocycles. The van der Waals surface area contributed by atoms with Gasteiger partial charge in [0.05, 0.1) is 0 Å². The predicted molar refractivity (Wildman–Crippen MR) is 63.1 cm³/mol. The Morgan fingerprint density at radius 1 is 1.40 bits per heavy atom.